The molecule has 18 heavy (non-hydrogen) atoms. The Bertz CT molecular complexity index is 604. The minimum absolute atomic E-state index is 0.0181. The van der Waals surface area contributed by atoms with E-state index < -0.39 is 5.54 Å². The van der Waals surface area contributed by atoms with Crippen molar-refractivity contribution in [2.45, 2.75) is 26.3 Å². The van der Waals surface area contributed by atoms with Crippen LogP contribution in [0.3, 0.4) is 0 Å². The SMILES string of the molecule is CC(C)[C@]1(C)C(=O)N=C2c3ccccc3C(=O)N21. The van der Waals surface area contributed by atoms with Crippen LogP contribution in [0.1, 0.15) is 36.7 Å². The Morgan fingerprint density at radius 1 is 1.17 bits per heavy atom. The summed E-state index contributed by atoms with van der Waals surface area (Å²) in [5.74, 6) is 0.183. The molecule has 0 radical (unpaired) electrons. The Morgan fingerprint density at radius 3 is 2.39 bits per heavy atom. The van der Waals surface area contributed by atoms with E-state index in [4.69, 9.17) is 0 Å². The summed E-state index contributed by atoms with van der Waals surface area (Å²) >= 11 is 0. The number of aliphatic imine (C=N–C) groups is 1. The van der Waals surface area contributed by atoms with E-state index in [1.54, 1.807) is 17.9 Å². The fourth-order valence-electron chi connectivity index (χ4n) is 2.55. The van der Waals surface area contributed by atoms with Gasteiger partial charge >= 0.3 is 0 Å². The molecule has 4 nitrogen and oxygen atoms in total. The lowest BCUT2D eigenvalue weighted by molar-refractivity contribution is -0.126. The third kappa shape index (κ3) is 1.08. The lowest BCUT2D eigenvalue weighted by atomic mass is 9.87. The average molecular weight is 242 g/mol. The van der Waals surface area contributed by atoms with Crippen molar-refractivity contribution in [2.75, 3.05) is 0 Å². The van der Waals surface area contributed by atoms with E-state index in [2.05, 4.69) is 4.99 Å². The first-order valence-corrected chi connectivity index (χ1v) is 6.05. The molecule has 2 amide bonds. The summed E-state index contributed by atoms with van der Waals surface area (Å²) in [5, 5.41) is 0. The Labute approximate surface area is 105 Å². The van der Waals surface area contributed by atoms with Gasteiger partial charge in [-0.1, -0.05) is 32.0 Å². The van der Waals surface area contributed by atoms with E-state index in [1.807, 2.05) is 32.0 Å². The van der Waals surface area contributed by atoms with Crippen molar-refractivity contribution in [1.82, 2.24) is 4.90 Å². The van der Waals surface area contributed by atoms with Crippen LogP contribution in [0.5, 0.6) is 0 Å². The number of amides is 2. The molecule has 92 valence electrons. The molecule has 1 aromatic rings. The second kappa shape index (κ2) is 3.28. The molecule has 0 unspecified atom stereocenters. The molecule has 0 spiro atoms. The minimum Gasteiger partial charge on any atom is -0.277 e. The first-order chi connectivity index (χ1) is 8.48. The molecule has 2 heterocycles. The molecule has 0 saturated carbocycles. The van der Waals surface area contributed by atoms with Crippen LogP contribution in [0.25, 0.3) is 0 Å². The van der Waals surface area contributed by atoms with Crippen molar-refractivity contribution in [3.05, 3.63) is 35.4 Å². The van der Waals surface area contributed by atoms with Crippen molar-refractivity contribution < 1.29 is 9.59 Å². The highest BCUT2D eigenvalue weighted by Gasteiger charge is 2.55. The molecule has 0 aliphatic carbocycles. The molecule has 2 aliphatic heterocycles. The molecule has 1 atom stereocenters. The van der Waals surface area contributed by atoms with Crippen molar-refractivity contribution >= 4 is 17.6 Å². The number of fused-ring (bicyclic) bond motifs is 3. The molecule has 4 heteroatoms. The summed E-state index contributed by atoms with van der Waals surface area (Å²) in [6.07, 6.45) is 0. The number of rotatable bonds is 1. The third-order valence-corrected chi connectivity index (χ3v) is 4.04. The lowest BCUT2D eigenvalue weighted by Gasteiger charge is -2.34. The van der Waals surface area contributed by atoms with Gasteiger partial charge in [0, 0.05) is 5.56 Å². The third-order valence-electron chi connectivity index (χ3n) is 4.04. The Hall–Kier alpha value is -1.97. The summed E-state index contributed by atoms with van der Waals surface area (Å²) in [6, 6.07) is 7.30. The number of hydrogen-bond donors (Lipinski definition) is 0. The highest BCUT2D eigenvalue weighted by molar-refractivity contribution is 6.30. The smallest absolute Gasteiger partial charge is 0.274 e. The quantitative estimate of drug-likeness (QED) is 0.754. The van der Waals surface area contributed by atoms with Gasteiger partial charge < -0.3 is 0 Å². The van der Waals surface area contributed by atoms with Gasteiger partial charge in [-0.15, -0.1) is 0 Å². The second-order valence-corrected chi connectivity index (χ2v) is 5.23. The van der Waals surface area contributed by atoms with E-state index in [0.717, 1.165) is 5.56 Å². The van der Waals surface area contributed by atoms with E-state index in [9.17, 15) is 9.59 Å². The first-order valence-electron chi connectivity index (χ1n) is 6.05. The number of carbonyl (C=O) groups is 2. The summed E-state index contributed by atoms with van der Waals surface area (Å²) in [4.78, 5) is 30.2. The predicted octanol–water partition coefficient (Wildman–Crippen LogP) is 1.84. The summed E-state index contributed by atoms with van der Waals surface area (Å²) < 4.78 is 0. The van der Waals surface area contributed by atoms with Gasteiger partial charge in [-0.25, -0.2) is 0 Å². The molecule has 1 aromatic carbocycles. The topological polar surface area (TPSA) is 49.7 Å². The molecule has 0 fully saturated rings. The van der Waals surface area contributed by atoms with Crippen molar-refractivity contribution in [3.8, 4) is 0 Å². The Balaban J connectivity index is 2.23. The van der Waals surface area contributed by atoms with Gasteiger partial charge in [0.25, 0.3) is 11.8 Å². The Kier molecular flexibility index (Phi) is 2.03. The van der Waals surface area contributed by atoms with Gasteiger partial charge in [0.2, 0.25) is 0 Å². The molecule has 0 aromatic heterocycles. The van der Waals surface area contributed by atoms with Gasteiger partial charge in [0.15, 0.2) is 0 Å². The Morgan fingerprint density at radius 2 is 1.78 bits per heavy atom. The van der Waals surface area contributed by atoms with Crippen LogP contribution >= 0.6 is 0 Å². The minimum atomic E-state index is -0.856. The van der Waals surface area contributed by atoms with Crippen LogP contribution in [0.2, 0.25) is 0 Å². The zero-order chi connectivity index (χ0) is 13.1. The van der Waals surface area contributed by atoms with Crippen LogP contribution < -0.4 is 0 Å². The highest BCUT2D eigenvalue weighted by atomic mass is 16.2. The molecule has 0 saturated heterocycles. The number of nitrogens with zero attached hydrogens (tertiary/aromatic N) is 2. The molecular formula is C14H14N2O2. The van der Waals surface area contributed by atoms with Gasteiger partial charge in [-0.3, -0.25) is 14.5 Å². The van der Waals surface area contributed by atoms with Crippen molar-refractivity contribution in [3.63, 3.8) is 0 Å². The molecule has 0 N–H and O–H groups in total. The standard InChI is InChI=1S/C14H14N2O2/c1-8(2)14(3)13(18)15-11-9-6-4-5-7-10(9)12(17)16(11)14/h4-8H,1-3H3/t14-/m1/s1. The van der Waals surface area contributed by atoms with E-state index in [0.29, 0.717) is 11.4 Å². The highest BCUT2D eigenvalue weighted by Crippen LogP contribution is 2.39. The maximum atomic E-state index is 12.4. The van der Waals surface area contributed by atoms with E-state index in [-0.39, 0.29) is 17.7 Å². The van der Waals surface area contributed by atoms with Gasteiger partial charge in [0.05, 0.1) is 5.56 Å². The van der Waals surface area contributed by atoms with Crippen molar-refractivity contribution in [2.24, 2.45) is 10.9 Å². The van der Waals surface area contributed by atoms with Gasteiger partial charge in [-0.2, -0.15) is 4.99 Å². The lowest BCUT2D eigenvalue weighted by Crippen LogP contribution is -2.53. The predicted molar refractivity (Wildman–Crippen MR) is 67.4 cm³/mol. The molecular weight excluding hydrogens is 228 g/mol. The largest absolute Gasteiger partial charge is 0.277 e. The molecule has 0 bridgehead atoms. The van der Waals surface area contributed by atoms with Crippen molar-refractivity contribution in [1.29, 1.82) is 0 Å². The average Bonchev–Trinajstić information content (AvgIpc) is 2.77. The van der Waals surface area contributed by atoms with E-state index in [1.165, 1.54) is 0 Å². The fourth-order valence-corrected chi connectivity index (χ4v) is 2.55. The second-order valence-electron chi connectivity index (χ2n) is 5.23. The number of amidine groups is 1. The molecule has 3 rings (SSSR count). The van der Waals surface area contributed by atoms with Crippen LogP contribution in [0, 0.1) is 5.92 Å². The normalized spacial score (nSPS) is 25.6. The maximum absolute atomic E-state index is 12.4. The monoisotopic (exact) mass is 242 g/mol. The summed E-state index contributed by atoms with van der Waals surface area (Å²) in [6.45, 7) is 5.67. The van der Waals surface area contributed by atoms with Crippen LogP contribution in [0.4, 0.5) is 0 Å². The van der Waals surface area contributed by atoms with Gasteiger partial charge in [-0.05, 0) is 18.9 Å². The zero-order valence-corrected chi connectivity index (χ0v) is 10.6. The fraction of sp³-hybridized carbons (Fsp3) is 0.357. The maximum Gasteiger partial charge on any atom is 0.274 e. The number of hydrogen-bond acceptors (Lipinski definition) is 2. The first kappa shape index (κ1) is 11.1. The zero-order valence-electron chi connectivity index (χ0n) is 10.6. The number of carbonyl (C=O) groups excluding carboxylic acids is 2. The van der Waals surface area contributed by atoms with Crippen LogP contribution in [-0.4, -0.2) is 28.1 Å². The summed E-state index contributed by atoms with van der Waals surface area (Å²) in [7, 11) is 0. The van der Waals surface area contributed by atoms with Gasteiger partial charge in [0.1, 0.15) is 11.4 Å². The number of benzene rings is 1. The van der Waals surface area contributed by atoms with Crippen LogP contribution in [-0.2, 0) is 4.79 Å². The van der Waals surface area contributed by atoms with E-state index >= 15 is 0 Å². The summed E-state index contributed by atoms with van der Waals surface area (Å²) in [5.41, 5.74) is 0.543. The van der Waals surface area contributed by atoms with Crippen LogP contribution in [0.15, 0.2) is 29.3 Å². The molecule has 2 aliphatic rings.